The standard InChI is InChI=1S/C15H14N2O4/c1-19-15(18)17-11-4-2-10(3-5-11)16-12-6-7-13-14(8-12)21-9-20-13/h2-8,16H,9H2,1H3,(H,17,18). The van der Waals surface area contributed by atoms with Crippen LogP contribution in [0.1, 0.15) is 0 Å². The zero-order chi connectivity index (χ0) is 14.7. The molecule has 0 aliphatic carbocycles. The first-order chi connectivity index (χ1) is 10.2. The van der Waals surface area contributed by atoms with Crippen molar-refractivity contribution in [2.24, 2.45) is 0 Å². The molecule has 2 aromatic rings. The van der Waals surface area contributed by atoms with Gasteiger partial charge in [-0.05, 0) is 36.4 Å². The normalized spacial score (nSPS) is 11.9. The number of ether oxygens (including phenoxy) is 3. The number of methoxy groups -OCH3 is 1. The Labute approximate surface area is 121 Å². The molecular weight excluding hydrogens is 272 g/mol. The molecule has 0 radical (unpaired) electrons. The number of hydrogen-bond acceptors (Lipinski definition) is 5. The van der Waals surface area contributed by atoms with Crippen LogP contribution < -0.4 is 20.1 Å². The summed E-state index contributed by atoms with van der Waals surface area (Å²) in [6, 6.07) is 12.9. The number of carbonyl (C=O) groups is 1. The van der Waals surface area contributed by atoms with Crippen LogP contribution in [-0.2, 0) is 4.74 Å². The zero-order valence-corrected chi connectivity index (χ0v) is 11.4. The summed E-state index contributed by atoms with van der Waals surface area (Å²) in [6.07, 6.45) is -0.494. The van der Waals surface area contributed by atoms with Gasteiger partial charge in [-0.15, -0.1) is 0 Å². The van der Waals surface area contributed by atoms with Crippen LogP contribution in [0.3, 0.4) is 0 Å². The average Bonchev–Trinajstić information content (AvgIpc) is 2.96. The first kappa shape index (κ1) is 13.1. The fraction of sp³-hybridized carbons (Fsp3) is 0.133. The monoisotopic (exact) mass is 286 g/mol. The molecule has 0 saturated heterocycles. The molecule has 21 heavy (non-hydrogen) atoms. The number of nitrogens with one attached hydrogen (secondary N) is 2. The van der Waals surface area contributed by atoms with Crippen LogP contribution >= 0.6 is 0 Å². The Hall–Kier alpha value is -2.89. The van der Waals surface area contributed by atoms with E-state index in [0.717, 1.165) is 22.9 Å². The molecule has 1 amide bonds. The number of benzene rings is 2. The third-order valence-electron chi connectivity index (χ3n) is 2.98. The summed E-state index contributed by atoms with van der Waals surface area (Å²) in [5.74, 6) is 1.47. The van der Waals surface area contributed by atoms with Gasteiger partial charge >= 0.3 is 6.09 Å². The molecule has 0 aromatic heterocycles. The molecule has 6 heteroatoms. The highest BCUT2D eigenvalue weighted by molar-refractivity contribution is 5.84. The molecule has 2 aromatic carbocycles. The summed E-state index contributed by atoms with van der Waals surface area (Å²) in [7, 11) is 1.32. The predicted octanol–water partition coefficient (Wildman–Crippen LogP) is 3.34. The van der Waals surface area contributed by atoms with E-state index >= 15 is 0 Å². The van der Waals surface area contributed by atoms with Gasteiger partial charge in [-0.3, -0.25) is 5.32 Å². The molecule has 0 bridgehead atoms. The summed E-state index contributed by atoms with van der Waals surface area (Å²) in [4.78, 5) is 11.1. The van der Waals surface area contributed by atoms with Crippen LogP contribution in [0.5, 0.6) is 11.5 Å². The van der Waals surface area contributed by atoms with Gasteiger partial charge in [0.2, 0.25) is 6.79 Å². The molecule has 3 rings (SSSR count). The van der Waals surface area contributed by atoms with Crippen LogP contribution in [0, 0.1) is 0 Å². The van der Waals surface area contributed by atoms with Crippen LogP contribution in [0.15, 0.2) is 42.5 Å². The quantitative estimate of drug-likeness (QED) is 0.905. The zero-order valence-electron chi connectivity index (χ0n) is 11.4. The van der Waals surface area contributed by atoms with E-state index in [9.17, 15) is 4.79 Å². The van der Waals surface area contributed by atoms with Crippen molar-refractivity contribution >= 4 is 23.2 Å². The van der Waals surface area contributed by atoms with Crippen LogP contribution in [-0.4, -0.2) is 20.0 Å². The highest BCUT2D eigenvalue weighted by Crippen LogP contribution is 2.35. The van der Waals surface area contributed by atoms with Crippen molar-refractivity contribution in [1.82, 2.24) is 0 Å². The third-order valence-corrected chi connectivity index (χ3v) is 2.98. The number of rotatable bonds is 3. The fourth-order valence-electron chi connectivity index (χ4n) is 1.95. The second-order valence-electron chi connectivity index (χ2n) is 4.39. The Balaban J connectivity index is 1.69. The summed E-state index contributed by atoms with van der Waals surface area (Å²) in [5, 5.41) is 5.84. The molecule has 0 atom stereocenters. The smallest absolute Gasteiger partial charge is 0.411 e. The summed E-state index contributed by atoms with van der Waals surface area (Å²) < 4.78 is 15.1. The van der Waals surface area contributed by atoms with Crippen molar-refractivity contribution in [3.8, 4) is 11.5 Å². The van der Waals surface area contributed by atoms with Gasteiger partial charge in [-0.1, -0.05) is 0 Å². The Morgan fingerprint density at radius 3 is 2.43 bits per heavy atom. The minimum atomic E-state index is -0.494. The number of fused-ring (bicyclic) bond motifs is 1. The molecule has 1 aliphatic rings. The maximum atomic E-state index is 11.1. The van der Waals surface area contributed by atoms with Crippen molar-refractivity contribution in [3.05, 3.63) is 42.5 Å². The van der Waals surface area contributed by atoms with Crippen molar-refractivity contribution in [2.45, 2.75) is 0 Å². The van der Waals surface area contributed by atoms with Gasteiger partial charge in [0, 0.05) is 23.1 Å². The lowest BCUT2D eigenvalue weighted by atomic mass is 10.2. The maximum absolute atomic E-state index is 11.1. The molecule has 108 valence electrons. The molecule has 0 unspecified atom stereocenters. The Bertz CT molecular complexity index is 655. The predicted molar refractivity (Wildman–Crippen MR) is 78.3 cm³/mol. The largest absolute Gasteiger partial charge is 0.454 e. The van der Waals surface area contributed by atoms with E-state index in [4.69, 9.17) is 9.47 Å². The van der Waals surface area contributed by atoms with Crippen molar-refractivity contribution in [2.75, 3.05) is 24.5 Å². The van der Waals surface area contributed by atoms with Crippen LogP contribution in [0.2, 0.25) is 0 Å². The highest BCUT2D eigenvalue weighted by Gasteiger charge is 2.13. The summed E-state index contributed by atoms with van der Waals surface area (Å²) >= 11 is 0. The van der Waals surface area contributed by atoms with E-state index in [1.165, 1.54) is 7.11 Å². The van der Waals surface area contributed by atoms with Gasteiger partial charge in [0.15, 0.2) is 11.5 Å². The topological polar surface area (TPSA) is 68.8 Å². The number of carbonyl (C=O) groups excluding carboxylic acids is 1. The molecule has 6 nitrogen and oxygen atoms in total. The minimum absolute atomic E-state index is 0.257. The second-order valence-corrected chi connectivity index (χ2v) is 4.39. The number of amides is 1. The Morgan fingerprint density at radius 2 is 1.67 bits per heavy atom. The SMILES string of the molecule is COC(=O)Nc1ccc(Nc2ccc3c(c2)OCO3)cc1. The number of hydrogen-bond donors (Lipinski definition) is 2. The second kappa shape index (κ2) is 5.62. The Kier molecular flexibility index (Phi) is 3.51. The van der Waals surface area contributed by atoms with E-state index in [-0.39, 0.29) is 6.79 Å². The molecule has 0 saturated carbocycles. The van der Waals surface area contributed by atoms with Gasteiger partial charge in [-0.2, -0.15) is 0 Å². The summed E-state index contributed by atoms with van der Waals surface area (Å²) in [6.45, 7) is 0.257. The molecule has 2 N–H and O–H groups in total. The lowest BCUT2D eigenvalue weighted by molar-refractivity contribution is 0.174. The molecule has 0 fully saturated rings. The van der Waals surface area contributed by atoms with E-state index in [2.05, 4.69) is 15.4 Å². The van der Waals surface area contributed by atoms with Crippen molar-refractivity contribution < 1.29 is 19.0 Å². The van der Waals surface area contributed by atoms with Gasteiger partial charge < -0.3 is 19.5 Å². The van der Waals surface area contributed by atoms with Crippen molar-refractivity contribution in [3.63, 3.8) is 0 Å². The first-order valence-electron chi connectivity index (χ1n) is 6.36. The van der Waals surface area contributed by atoms with Gasteiger partial charge in [0.1, 0.15) is 0 Å². The minimum Gasteiger partial charge on any atom is -0.454 e. The summed E-state index contributed by atoms with van der Waals surface area (Å²) in [5.41, 5.74) is 2.45. The molecule has 1 heterocycles. The number of anilines is 3. The highest BCUT2D eigenvalue weighted by atomic mass is 16.7. The molecule has 0 spiro atoms. The lowest BCUT2D eigenvalue weighted by Gasteiger charge is -2.09. The third kappa shape index (κ3) is 3.00. The van der Waals surface area contributed by atoms with E-state index in [0.29, 0.717) is 5.69 Å². The van der Waals surface area contributed by atoms with Gasteiger partial charge in [0.25, 0.3) is 0 Å². The maximum Gasteiger partial charge on any atom is 0.411 e. The van der Waals surface area contributed by atoms with Gasteiger partial charge in [-0.25, -0.2) is 4.79 Å². The molecular formula is C15H14N2O4. The van der Waals surface area contributed by atoms with E-state index in [1.807, 2.05) is 30.3 Å². The molecule has 1 aliphatic heterocycles. The van der Waals surface area contributed by atoms with Crippen LogP contribution in [0.4, 0.5) is 21.9 Å². The van der Waals surface area contributed by atoms with Crippen LogP contribution in [0.25, 0.3) is 0 Å². The van der Waals surface area contributed by atoms with Gasteiger partial charge in [0.05, 0.1) is 7.11 Å². The fourth-order valence-corrected chi connectivity index (χ4v) is 1.95. The van der Waals surface area contributed by atoms with E-state index < -0.39 is 6.09 Å². The Morgan fingerprint density at radius 1 is 1.00 bits per heavy atom. The first-order valence-corrected chi connectivity index (χ1v) is 6.36. The van der Waals surface area contributed by atoms with E-state index in [1.54, 1.807) is 12.1 Å². The average molecular weight is 286 g/mol. The lowest BCUT2D eigenvalue weighted by Crippen LogP contribution is -2.10. The van der Waals surface area contributed by atoms with Crippen molar-refractivity contribution in [1.29, 1.82) is 0 Å².